The summed E-state index contributed by atoms with van der Waals surface area (Å²) >= 11 is 0. The molecule has 196 valence electrons. The minimum absolute atomic E-state index is 0.0811. The molecule has 1 aliphatic rings. The van der Waals surface area contributed by atoms with E-state index >= 15 is 4.39 Å². The summed E-state index contributed by atoms with van der Waals surface area (Å²) in [6.45, 7) is -1.12. The van der Waals surface area contributed by atoms with Gasteiger partial charge in [-0.15, -0.1) is 0 Å². The maximum Gasteiger partial charge on any atom is 0.387 e. The highest BCUT2D eigenvalue weighted by Gasteiger charge is 2.22. The molecule has 0 unspecified atom stereocenters. The van der Waals surface area contributed by atoms with Gasteiger partial charge in [-0.25, -0.2) is 13.2 Å². The Bertz CT molecular complexity index is 1260. The highest BCUT2D eigenvalue weighted by molar-refractivity contribution is 5.85. The minimum Gasteiger partial charge on any atom is -0.429 e. The SMILES string of the molecule is CCCCCCC1CCC(c2ccc3c(F)c(C#Cc4cc(F)c(OC(F)F)c(F)c4)ccc3c2)CC1. The van der Waals surface area contributed by atoms with Crippen LogP contribution in [0.15, 0.2) is 42.5 Å². The van der Waals surface area contributed by atoms with Crippen molar-refractivity contribution in [1.29, 1.82) is 0 Å². The number of fused-ring (bicyclic) bond motifs is 1. The van der Waals surface area contributed by atoms with Crippen LogP contribution in [0.3, 0.4) is 0 Å². The van der Waals surface area contributed by atoms with Gasteiger partial charge in [0.1, 0.15) is 5.82 Å². The number of benzene rings is 3. The molecule has 0 bridgehead atoms. The zero-order chi connectivity index (χ0) is 26.4. The molecule has 1 fully saturated rings. The van der Waals surface area contributed by atoms with Gasteiger partial charge in [0.15, 0.2) is 17.4 Å². The van der Waals surface area contributed by atoms with Crippen LogP contribution in [0.2, 0.25) is 0 Å². The van der Waals surface area contributed by atoms with E-state index in [4.69, 9.17) is 0 Å². The molecular weight excluding hydrogens is 483 g/mol. The molecule has 1 nitrogen and oxygen atoms in total. The molecule has 1 aliphatic carbocycles. The average Bonchev–Trinajstić information content (AvgIpc) is 2.88. The van der Waals surface area contributed by atoms with Gasteiger partial charge in [-0.1, -0.05) is 75.1 Å². The molecule has 0 heterocycles. The van der Waals surface area contributed by atoms with Gasteiger partial charge in [-0.05, 0) is 66.7 Å². The second kappa shape index (κ2) is 12.4. The van der Waals surface area contributed by atoms with Crippen molar-refractivity contribution >= 4 is 10.8 Å². The number of halogens is 5. The van der Waals surface area contributed by atoms with E-state index in [0.29, 0.717) is 11.3 Å². The quantitative estimate of drug-likeness (QED) is 0.165. The highest BCUT2D eigenvalue weighted by Crippen LogP contribution is 2.39. The third-order valence-electron chi connectivity index (χ3n) is 7.31. The summed E-state index contributed by atoms with van der Waals surface area (Å²) in [4.78, 5) is 0. The van der Waals surface area contributed by atoms with Gasteiger partial charge in [-0.3, -0.25) is 0 Å². The molecule has 0 saturated heterocycles. The lowest BCUT2D eigenvalue weighted by Crippen LogP contribution is -2.13. The number of ether oxygens (including phenoxy) is 1. The van der Waals surface area contributed by atoms with E-state index in [9.17, 15) is 17.6 Å². The van der Waals surface area contributed by atoms with Crippen molar-refractivity contribution in [2.75, 3.05) is 0 Å². The first kappa shape index (κ1) is 27.0. The van der Waals surface area contributed by atoms with Gasteiger partial charge in [0.25, 0.3) is 0 Å². The number of hydrogen-bond donors (Lipinski definition) is 0. The minimum atomic E-state index is -3.36. The fourth-order valence-corrected chi connectivity index (χ4v) is 5.28. The third-order valence-corrected chi connectivity index (χ3v) is 7.31. The Labute approximate surface area is 215 Å². The standard InChI is InChI=1S/C31H31F5O/c1-2-3-4-5-6-20-7-10-22(11-8-20)24-15-16-26-25(19-24)14-13-23(29(26)34)12-9-21-17-27(32)30(28(33)18-21)37-31(35)36/h13-20,22,31H,2-8,10-11H2,1H3. The number of hydrogen-bond acceptors (Lipinski definition) is 1. The van der Waals surface area contributed by atoms with E-state index in [-0.39, 0.29) is 11.1 Å². The fraction of sp³-hybridized carbons (Fsp3) is 0.419. The second-order valence-corrected chi connectivity index (χ2v) is 9.87. The van der Waals surface area contributed by atoms with Crippen LogP contribution in [0, 0.1) is 35.2 Å². The van der Waals surface area contributed by atoms with Gasteiger partial charge in [0, 0.05) is 10.9 Å². The molecule has 0 radical (unpaired) electrons. The van der Waals surface area contributed by atoms with Crippen LogP contribution in [0.1, 0.15) is 87.3 Å². The first-order valence-electron chi connectivity index (χ1n) is 13.0. The summed E-state index contributed by atoms with van der Waals surface area (Å²) in [6.07, 6.45) is 11.4. The maximum atomic E-state index is 15.2. The van der Waals surface area contributed by atoms with E-state index in [1.54, 1.807) is 18.2 Å². The number of unbranched alkanes of at least 4 members (excludes halogenated alkanes) is 3. The summed E-state index contributed by atoms with van der Waals surface area (Å²) in [5, 5.41) is 1.21. The number of alkyl halides is 2. The van der Waals surface area contributed by atoms with Gasteiger partial charge in [0.05, 0.1) is 5.56 Å². The average molecular weight is 515 g/mol. The van der Waals surface area contributed by atoms with Crippen molar-refractivity contribution < 1.29 is 26.7 Å². The van der Waals surface area contributed by atoms with Gasteiger partial charge >= 0.3 is 6.61 Å². The van der Waals surface area contributed by atoms with Crippen LogP contribution in [0.5, 0.6) is 5.75 Å². The molecular formula is C31H31F5O. The van der Waals surface area contributed by atoms with Crippen molar-refractivity contribution in [2.45, 2.75) is 77.2 Å². The molecule has 3 aromatic carbocycles. The maximum absolute atomic E-state index is 15.2. The lowest BCUT2D eigenvalue weighted by Gasteiger charge is -2.29. The van der Waals surface area contributed by atoms with Crippen LogP contribution in [0.4, 0.5) is 22.0 Å². The summed E-state index contributed by atoms with van der Waals surface area (Å²) < 4.78 is 71.5. The molecule has 0 aromatic heterocycles. The van der Waals surface area contributed by atoms with Crippen LogP contribution in [-0.2, 0) is 0 Å². The van der Waals surface area contributed by atoms with Gasteiger partial charge in [0.2, 0.25) is 0 Å². The van der Waals surface area contributed by atoms with E-state index in [0.717, 1.165) is 36.3 Å². The Balaban J connectivity index is 1.46. The van der Waals surface area contributed by atoms with E-state index in [1.165, 1.54) is 50.5 Å². The van der Waals surface area contributed by atoms with Gasteiger partial charge < -0.3 is 4.74 Å². The Morgan fingerprint density at radius 3 is 2.27 bits per heavy atom. The zero-order valence-corrected chi connectivity index (χ0v) is 20.9. The monoisotopic (exact) mass is 514 g/mol. The number of rotatable bonds is 8. The van der Waals surface area contributed by atoms with Crippen molar-refractivity contribution in [1.82, 2.24) is 0 Å². The van der Waals surface area contributed by atoms with Crippen molar-refractivity contribution in [2.24, 2.45) is 5.92 Å². The van der Waals surface area contributed by atoms with Gasteiger partial charge in [-0.2, -0.15) is 8.78 Å². The molecule has 0 N–H and O–H groups in total. The zero-order valence-electron chi connectivity index (χ0n) is 20.9. The first-order chi connectivity index (χ1) is 17.9. The molecule has 0 spiro atoms. The fourth-order valence-electron chi connectivity index (χ4n) is 5.28. The molecule has 37 heavy (non-hydrogen) atoms. The van der Waals surface area contributed by atoms with E-state index in [2.05, 4.69) is 23.5 Å². The first-order valence-corrected chi connectivity index (χ1v) is 13.0. The third kappa shape index (κ3) is 6.83. The summed E-state index contributed by atoms with van der Waals surface area (Å²) in [5.74, 6) is 2.12. The van der Waals surface area contributed by atoms with Crippen LogP contribution < -0.4 is 4.74 Å². The lowest BCUT2D eigenvalue weighted by atomic mass is 9.76. The van der Waals surface area contributed by atoms with Crippen molar-refractivity contribution in [3.05, 3.63) is 76.6 Å². The molecule has 1 saturated carbocycles. The Morgan fingerprint density at radius 2 is 1.59 bits per heavy atom. The predicted octanol–water partition coefficient (Wildman–Crippen LogP) is 9.50. The second-order valence-electron chi connectivity index (χ2n) is 9.87. The van der Waals surface area contributed by atoms with Crippen LogP contribution >= 0.6 is 0 Å². The lowest BCUT2D eigenvalue weighted by molar-refractivity contribution is -0.0546. The summed E-state index contributed by atoms with van der Waals surface area (Å²) in [7, 11) is 0. The smallest absolute Gasteiger partial charge is 0.387 e. The normalized spacial score (nSPS) is 17.6. The van der Waals surface area contributed by atoms with Crippen LogP contribution in [0.25, 0.3) is 10.8 Å². The summed E-state index contributed by atoms with van der Waals surface area (Å²) in [6, 6.07) is 10.7. The topological polar surface area (TPSA) is 9.23 Å². The van der Waals surface area contributed by atoms with E-state index in [1.807, 2.05) is 12.1 Å². The molecule has 4 rings (SSSR count). The molecule has 0 amide bonds. The Morgan fingerprint density at radius 1 is 0.865 bits per heavy atom. The van der Waals surface area contributed by atoms with Crippen molar-refractivity contribution in [3.63, 3.8) is 0 Å². The van der Waals surface area contributed by atoms with Crippen LogP contribution in [-0.4, -0.2) is 6.61 Å². The largest absolute Gasteiger partial charge is 0.429 e. The Kier molecular flexibility index (Phi) is 9.08. The highest BCUT2D eigenvalue weighted by atomic mass is 19.3. The molecule has 6 heteroatoms. The Hall–Kier alpha value is -3.07. The van der Waals surface area contributed by atoms with E-state index < -0.39 is 29.8 Å². The molecule has 0 atom stereocenters. The van der Waals surface area contributed by atoms with Crippen molar-refractivity contribution in [3.8, 4) is 17.6 Å². The predicted molar refractivity (Wildman–Crippen MR) is 136 cm³/mol. The summed E-state index contributed by atoms with van der Waals surface area (Å²) in [5.41, 5.74) is 1.19. The molecule has 0 aliphatic heterocycles. The molecule has 3 aromatic rings.